The summed E-state index contributed by atoms with van der Waals surface area (Å²) in [4.78, 5) is 13.2. The van der Waals surface area contributed by atoms with Crippen molar-refractivity contribution in [1.82, 2.24) is 0 Å². The van der Waals surface area contributed by atoms with Crippen LogP contribution >= 0.6 is 11.3 Å². The summed E-state index contributed by atoms with van der Waals surface area (Å²) in [5.41, 5.74) is 6.36. The third-order valence-electron chi connectivity index (χ3n) is 2.76. The Bertz CT molecular complexity index is 336. The lowest BCUT2D eigenvalue weighted by Crippen LogP contribution is -2.12. The minimum absolute atomic E-state index is 0.253. The van der Waals surface area contributed by atoms with E-state index in [1.54, 1.807) is 6.07 Å². The third kappa shape index (κ3) is 3.23. The van der Waals surface area contributed by atoms with Crippen LogP contribution in [-0.2, 0) is 4.74 Å². The summed E-state index contributed by atoms with van der Waals surface area (Å²) in [6, 6.07) is 1.69. The lowest BCUT2D eigenvalue weighted by molar-refractivity contribution is 0.0439. The molecule has 0 aliphatic heterocycles. The third-order valence-corrected chi connectivity index (χ3v) is 3.81. The van der Waals surface area contributed by atoms with Gasteiger partial charge in [-0.2, -0.15) is 0 Å². The first-order valence-electron chi connectivity index (χ1n) is 5.61. The number of aryl methyl sites for hydroxylation is 1. The number of hydrogen-bond donors (Lipinski definition) is 1. The molecule has 2 N–H and O–H groups in total. The van der Waals surface area contributed by atoms with Crippen LogP contribution < -0.4 is 5.73 Å². The first-order valence-corrected chi connectivity index (χ1v) is 6.43. The van der Waals surface area contributed by atoms with Gasteiger partial charge in [0, 0.05) is 10.6 Å². The molecule has 1 aromatic heterocycles. The van der Waals surface area contributed by atoms with E-state index < -0.39 is 0 Å². The number of carbonyl (C=O) groups excluding carboxylic acids is 1. The first-order chi connectivity index (χ1) is 7.58. The van der Waals surface area contributed by atoms with Gasteiger partial charge in [0.05, 0.1) is 6.61 Å². The highest BCUT2D eigenvalue weighted by atomic mass is 32.1. The fourth-order valence-corrected chi connectivity index (χ4v) is 2.22. The highest BCUT2D eigenvalue weighted by molar-refractivity contribution is 7.14. The Morgan fingerprint density at radius 2 is 2.12 bits per heavy atom. The molecule has 0 fully saturated rings. The first kappa shape index (κ1) is 13.0. The molecule has 0 aromatic carbocycles. The number of esters is 1. The van der Waals surface area contributed by atoms with Crippen LogP contribution in [-0.4, -0.2) is 12.6 Å². The zero-order chi connectivity index (χ0) is 12.1. The van der Waals surface area contributed by atoms with Crippen molar-refractivity contribution in [2.45, 2.75) is 33.6 Å². The summed E-state index contributed by atoms with van der Waals surface area (Å²) in [6.45, 7) is 6.62. The van der Waals surface area contributed by atoms with Gasteiger partial charge in [0.25, 0.3) is 0 Å². The van der Waals surface area contributed by atoms with Gasteiger partial charge < -0.3 is 10.5 Å². The molecule has 0 amide bonds. The number of rotatable bonds is 5. The van der Waals surface area contributed by atoms with E-state index in [9.17, 15) is 4.79 Å². The van der Waals surface area contributed by atoms with E-state index in [2.05, 4.69) is 13.8 Å². The molecule has 0 unspecified atom stereocenters. The fraction of sp³-hybridized carbons (Fsp3) is 0.583. The van der Waals surface area contributed by atoms with Gasteiger partial charge in [0.2, 0.25) is 0 Å². The van der Waals surface area contributed by atoms with E-state index in [0.717, 1.165) is 17.7 Å². The smallest absolute Gasteiger partial charge is 0.348 e. The van der Waals surface area contributed by atoms with E-state index in [0.29, 0.717) is 23.1 Å². The van der Waals surface area contributed by atoms with Gasteiger partial charge in [0.15, 0.2) is 0 Å². The van der Waals surface area contributed by atoms with Crippen LogP contribution in [0.25, 0.3) is 0 Å². The van der Waals surface area contributed by atoms with Crippen molar-refractivity contribution in [3.8, 4) is 0 Å². The monoisotopic (exact) mass is 241 g/mol. The Morgan fingerprint density at radius 3 is 2.56 bits per heavy atom. The predicted molar refractivity (Wildman–Crippen MR) is 67.8 cm³/mol. The molecule has 0 saturated carbocycles. The van der Waals surface area contributed by atoms with Crippen molar-refractivity contribution < 1.29 is 9.53 Å². The molecule has 0 aliphatic carbocycles. The highest BCUT2D eigenvalue weighted by Gasteiger charge is 2.14. The molecule has 1 aromatic rings. The van der Waals surface area contributed by atoms with E-state index in [1.807, 2.05) is 6.92 Å². The lowest BCUT2D eigenvalue weighted by atomic mass is 10.1. The summed E-state index contributed by atoms with van der Waals surface area (Å²) in [5.74, 6) is 0.207. The van der Waals surface area contributed by atoms with Crippen LogP contribution in [0.5, 0.6) is 0 Å². The molecule has 4 heteroatoms. The summed E-state index contributed by atoms with van der Waals surface area (Å²) in [6.07, 6.45) is 2.07. The molecule has 0 spiro atoms. The summed E-state index contributed by atoms with van der Waals surface area (Å²) >= 11 is 1.39. The number of carbonyl (C=O) groups is 1. The maximum atomic E-state index is 11.7. The Labute approximate surface area is 101 Å². The minimum atomic E-state index is -0.253. The van der Waals surface area contributed by atoms with Crippen LogP contribution in [0.15, 0.2) is 6.07 Å². The maximum Gasteiger partial charge on any atom is 0.348 e. The van der Waals surface area contributed by atoms with Gasteiger partial charge in [0.1, 0.15) is 4.88 Å². The van der Waals surface area contributed by atoms with Crippen molar-refractivity contribution in [1.29, 1.82) is 0 Å². The number of anilines is 1. The van der Waals surface area contributed by atoms with E-state index in [-0.39, 0.29) is 5.97 Å². The molecule has 0 saturated heterocycles. The largest absolute Gasteiger partial charge is 0.461 e. The van der Waals surface area contributed by atoms with Crippen LogP contribution in [0.3, 0.4) is 0 Å². The van der Waals surface area contributed by atoms with Crippen LogP contribution in [0, 0.1) is 12.8 Å². The number of thiophene rings is 1. The molecule has 3 nitrogen and oxygen atoms in total. The Morgan fingerprint density at radius 1 is 1.50 bits per heavy atom. The zero-order valence-corrected chi connectivity index (χ0v) is 10.9. The summed E-state index contributed by atoms with van der Waals surface area (Å²) < 4.78 is 5.26. The molecular formula is C12H19NO2S. The van der Waals surface area contributed by atoms with Crippen molar-refractivity contribution in [2.75, 3.05) is 12.3 Å². The van der Waals surface area contributed by atoms with Crippen molar-refractivity contribution in [3.05, 3.63) is 15.8 Å². The summed E-state index contributed by atoms with van der Waals surface area (Å²) in [7, 11) is 0. The van der Waals surface area contributed by atoms with Crippen LogP contribution in [0.4, 0.5) is 5.69 Å². The number of nitrogen functional groups attached to an aromatic ring is 1. The topological polar surface area (TPSA) is 52.3 Å². The van der Waals surface area contributed by atoms with Crippen LogP contribution in [0.2, 0.25) is 0 Å². The van der Waals surface area contributed by atoms with Crippen molar-refractivity contribution >= 4 is 23.0 Å². The molecular weight excluding hydrogens is 222 g/mol. The van der Waals surface area contributed by atoms with Crippen molar-refractivity contribution in [2.24, 2.45) is 5.92 Å². The second kappa shape index (κ2) is 5.89. The van der Waals surface area contributed by atoms with E-state index >= 15 is 0 Å². The van der Waals surface area contributed by atoms with Gasteiger partial charge in [-0.05, 0) is 18.9 Å². The number of nitrogens with two attached hydrogens (primary N) is 1. The molecule has 1 rings (SSSR count). The van der Waals surface area contributed by atoms with Crippen molar-refractivity contribution in [3.63, 3.8) is 0 Å². The number of ether oxygens (including phenoxy) is 1. The predicted octanol–water partition coefficient (Wildman–Crippen LogP) is 3.23. The number of hydrogen-bond acceptors (Lipinski definition) is 4. The summed E-state index contributed by atoms with van der Waals surface area (Å²) in [5, 5.41) is 0. The second-order valence-corrected chi connectivity index (χ2v) is 5.16. The Balaban J connectivity index is 2.52. The molecule has 0 aliphatic rings. The van der Waals surface area contributed by atoms with Crippen LogP contribution in [0.1, 0.15) is 41.2 Å². The quantitative estimate of drug-likeness (QED) is 0.805. The van der Waals surface area contributed by atoms with Gasteiger partial charge in [-0.1, -0.05) is 26.7 Å². The zero-order valence-electron chi connectivity index (χ0n) is 10.1. The van der Waals surface area contributed by atoms with Gasteiger partial charge >= 0.3 is 5.97 Å². The minimum Gasteiger partial charge on any atom is -0.461 e. The molecule has 16 heavy (non-hydrogen) atoms. The van der Waals surface area contributed by atoms with E-state index in [4.69, 9.17) is 10.5 Å². The fourth-order valence-electron chi connectivity index (χ4n) is 1.39. The molecule has 0 atom stereocenters. The Kier molecular flexibility index (Phi) is 4.80. The average Bonchev–Trinajstić information content (AvgIpc) is 2.60. The average molecular weight is 241 g/mol. The molecule has 0 radical (unpaired) electrons. The Hall–Kier alpha value is -1.03. The SMILES string of the molecule is CCC(CC)COC(=O)c1cc(N)c(C)s1. The lowest BCUT2D eigenvalue weighted by Gasteiger charge is -2.11. The molecule has 90 valence electrons. The van der Waals surface area contributed by atoms with Gasteiger partial charge in [-0.15, -0.1) is 11.3 Å². The maximum absolute atomic E-state index is 11.7. The standard InChI is InChI=1S/C12H19NO2S/c1-4-9(5-2)7-15-12(14)11-6-10(13)8(3)16-11/h6,9H,4-5,7,13H2,1-3H3. The highest BCUT2D eigenvalue weighted by Crippen LogP contribution is 2.24. The van der Waals surface area contributed by atoms with Gasteiger partial charge in [-0.25, -0.2) is 4.79 Å². The molecule has 0 bridgehead atoms. The van der Waals surface area contributed by atoms with E-state index in [1.165, 1.54) is 11.3 Å². The van der Waals surface area contributed by atoms with Gasteiger partial charge in [-0.3, -0.25) is 0 Å². The molecule has 1 heterocycles. The second-order valence-electron chi connectivity index (χ2n) is 3.90. The normalized spacial score (nSPS) is 10.8.